The van der Waals surface area contributed by atoms with Crippen molar-refractivity contribution in [2.45, 2.75) is 32.7 Å². The second-order valence-electron chi connectivity index (χ2n) is 9.11. The number of aryl methyl sites for hydroxylation is 2. The Kier molecular flexibility index (Phi) is 6.27. The third-order valence-corrected chi connectivity index (χ3v) is 6.91. The Hall–Kier alpha value is -4.06. The van der Waals surface area contributed by atoms with Crippen LogP contribution in [0, 0.1) is 6.92 Å². The van der Waals surface area contributed by atoms with E-state index in [0.717, 1.165) is 23.1 Å². The van der Waals surface area contributed by atoms with Crippen molar-refractivity contribution in [3.05, 3.63) is 104 Å². The minimum Gasteiger partial charge on any atom is -0.493 e. The first-order valence-corrected chi connectivity index (χ1v) is 12.1. The first kappa shape index (κ1) is 23.7. The van der Waals surface area contributed by atoms with Crippen molar-refractivity contribution in [1.29, 1.82) is 0 Å². The number of amides is 1. The van der Waals surface area contributed by atoms with Crippen LogP contribution in [0.1, 0.15) is 51.3 Å². The van der Waals surface area contributed by atoms with Gasteiger partial charge >= 0.3 is 0 Å². The summed E-state index contributed by atoms with van der Waals surface area (Å²) in [5.41, 5.74) is 4.74. The normalized spacial score (nSPS) is 14.8. The highest BCUT2D eigenvalue weighted by atomic mass is 16.5. The molecular weight excluding hydrogens is 454 g/mol. The summed E-state index contributed by atoms with van der Waals surface area (Å²) in [6.45, 7) is 4.45. The molecule has 0 aliphatic carbocycles. The van der Waals surface area contributed by atoms with Gasteiger partial charge in [0.25, 0.3) is 5.91 Å². The highest BCUT2D eigenvalue weighted by molar-refractivity contribution is 5.99. The molecule has 0 saturated carbocycles. The van der Waals surface area contributed by atoms with Gasteiger partial charge in [0.2, 0.25) is 5.76 Å². The Labute approximate surface area is 210 Å². The summed E-state index contributed by atoms with van der Waals surface area (Å²) in [7, 11) is 3.20. The average molecular weight is 484 g/mol. The van der Waals surface area contributed by atoms with Crippen LogP contribution in [0.2, 0.25) is 0 Å². The molecule has 6 nitrogen and oxygen atoms in total. The molecule has 1 aromatic heterocycles. The molecule has 2 heterocycles. The van der Waals surface area contributed by atoms with Crippen LogP contribution < -0.4 is 14.9 Å². The van der Waals surface area contributed by atoms with Crippen molar-refractivity contribution >= 4 is 16.9 Å². The monoisotopic (exact) mass is 483 g/mol. The molecule has 1 amide bonds. The quantitative estimate of drug-likeness (QED) is 0.349. The minimum atomic E-state index is -0.514. The third kappa shape index (κ3) is 4.02. The number of benzene rings is 3. The van der Waals surface area contributed by atoms with E-state index in [0.29, 0.717) is 41.0 Å². The van der Waals surface area contributed by atoms with Crippen molar-refractivity contribution in [3.63, 3.8) is 0 Å². The zero-order chi connectivity index (χ0) is 25.4. The summed E-state index contributed by atoms with van der Waals surface area (Å²) in [4.78, 5) is 29.1. The highest BCUT2D eigenvalue weighted by Gasteiger charge is 2.42. The van der Waals surface area contributed by atoms with E-state index < -0.39 is 6.04 Å². The molecule has 5 rings (SSSR count). The van der Waals surface area contributed by atoms with Crippen LogP contribution in [0.5, 0.6) is 11.5 Å². The number of ether oxygens (including phenoxy) is 2. The Morgan fingerprint density at radius 1 is 0.889 bits per heavy atom. The molecule has 1 aliphatic rings. The number of hydrogen-bond donors (Lipinski definition) is 0. The second-order valence-corrected chi connectivity index (χ2v) is 9.11. The lowest BCUT2D eigenvalue weighted by Crippen LogP contribution is -2.31. The van der Waals surface area contributed by atoms with Crippen LogP contribution in [0.4, 0.5) is 0 Å². The minimum absolute atomic E-state index is 0.133. The average Bonchev–Trinajstić information content (AvgIpc) is 3.19. The molecule has 0 saturated heterocycles. The van der Waals surface area contributed by atoms with Crippen LogP contribution >= 0.6 is 0 Å². The third-order valence-electron chi connectivity index (χ3n) is 6.91. The fourth-order valence-electron chi connectivity index (χ4n) is 4.93. The molecule has 1 aliphatic heterocycles. The van der Waals surface area contributed by atoms with E-state index in [2.05, 4.69) is 19.1 Å². The number of nitrogens with zero attached hydrogens (tertiary/aromatic N) is 1. The summed E-state index contributed by atoms with van der Waals surface area (Å²) < 4.78 is 16.9. The van der Waals surface area contributed by atoms with Crippen molar-refractivity contribution in [3.8, 4) is 11.5 Å². The number of hydrogen-bond acceptors (Lipinski definition) is 5. The van der Waals surface area contributed by atoms with Crippen molar-refractivity contribution < 1.29 is 18.7 Å². The van der Waals surface area contributed by atoms with E-state index in [1.807, 2.05) is 49.4 Å². The van der Waals surface area contributed by atoms with Gasteiger partial charge in [0.1, 0.15) is 5.58 Å². The Morgan fingerprint density at radius 2 is 1.61 bits per heavy atom. The van der Waals surface area contributed by atoms with Gasteiger partial charge in [0, 0.05) is 6.54 Å². The van der Waals surface area contributed by atoms with Gasteiger partial charge < -0.3 is 18.8 Å². The van der Waals surface area contributed by atoms with Crippen LogP contribution in [-0.2, 0) is 12.8 Å². The fourth-order valence-corrected chi connectivity index (χ4v) is 4.93. The second kappa shape index (κ2) is 9.53. The molecule has 184 valence electrons. The predicted molar refractivity (Wildman–Crippen MR) is 139 cm³/mol. The number of fused-ring (bicyclic) bond motifs is 2. The first-order valence-electron chi connectivity index (χ1n) is 12.1. The van der Waals surface area contributed by atoms with E-state index in [4.69, 9.17) is 13.9 Å². The maximum Gasteiger partial charge on any atom is 0.290 e. The summed E-state index contributed by atoms with van der Waals surface area (Å²) in [5, 5.41) is 0.499. The summed E-state index contributed by atoms with van der Waals surface area (Å²) in [6.07, 6.45) is 1.49. The van der Waals surface area contributed by atoms with Crippen LogP contribution in [0.25, 0.3) is 11.0 Å². The molecule has 0 radical (unpaired) electrons. The highest BCUT2D eigenvalue weighted by Crippen LogP contribution is 2.38. The summed E-state index contributed by atoms with van der Waals surface area (Å²) >= 11 is 0. The van der Waals surface area contributed by atoms with Gasteiger partial charge in [-0.1, -0.05) is 48.9 Å². The lowest BCUT2D eigenvalue weighted by molar-refractivity contribution is 0.0730. The van der Waals surface area contributed by atoms with Crippen molar-refractivity contribution in [2.75, 3.05) is 20.8 Å². The van der Waals surface area contributed by atoms with Crippen molar-refractivity contribution in [2.24, 2.45) is 0 Å². The number of carbonyl (C=O) groups excluding carboxylic acids is 1. The molecule has 0 spiro atoms. The summed E-state index contributed by atoms with van der Waals surface area (Å²) in [5.74, 6) is 1.15. The van der Waals surface area contributed by atoms with Crippen LogP contribution in [-0.4, -0.2) is 31.6 Å². The molecule has 3 aromatic carbocycles. The topological polar surface area (TPSA) is 69.0 Å². The lowest BCUT2D eigenvalue weighted by Gasteiger charge is -2.25. The number of methoxy groups -OCH3 is 2. The van der Waals surface area contributed by atoms with Gasteiger partial charge in [-0.25, -0.2) is 0 Å². The SMILES string of the molecule is CCc1ccc(C2c3c(oc4ccc(C)cc4c3=O)C(=O)N2CCc2ccc(OC)c(OC)c2)cc1. The van der Waals surface area contributed by atoms with E-state index in [1.54, 1.807) is 25.2 Å². The van der Waals surface area contributed by atoms with Crippen LogP contribution in [0.15, 0.2) is 69.9 Å². The van der Waals surface area contributed by atoms with Crippen LogP contribution in [0.3, 0.4) is 0 Å². The van der Waals surface area contributed by atoms with Gasteiger partial charge in [-0.15, -0.1) is 0 Å². The Morgan fingerprint density at radius 3 is 2.31 bits per heavy atom. The lowest BCUT2D eigenvalue weighted by atomic mass is 9.96. The molecule has 0 bridgehead atoms. The van der Waals surface area contributed by atoms with Gasteiger partial charge in [0.15, 0.2) is 16.9 Å². The number of rotatable bonds is 7. The molecule has 4 aromatic rings. The molecule has 0 fully saturated rings. The molecule has 6 heteroatoms. The van der Waals surface area contributed by atoms with Gasteiger partial charge in [-0.3, -0.25) is 9.59 Å². The molecular formula is C30H29NO5. The number of carbonyl (C=O) groups is 1. The van der Waals surface area contributed by atoms with Gasteiger partial charge in [-0.05, 0) is 60.7 Å². The fraction of sp³-hybridized carbons (Fsp3) is 0.267. The zero-order valence-electron chi connectivity index (χ0n) is 21.0. The van der Waals surface area contributed by atoms with Gasteiger partial charge in [0.05, 0.1) is 31.2 Å². The van der Waals surface area contributed by atoms with E-state index in [1.165, 1.54) is 5.56 Å². The van der Waals surface area contributed by atoms with Gasteiger partial charge in [-0.2, -0.15) is 0 Å². The maximum atomic E-state index is 13.7. The smallest absolute Gasteiger partial charge is 0.290 e. The standard InChI is InChI=1S/C30H29NO5/c1-5-19-7-10-21(11-8-19)27-26-28(32)22-16-18(2)6-12-23(22)36-29(26)30(33)31(27)15-14-20-9-13-24(34-3)25(17-20)35-4/h6-13,16-17,27H,5,14-15H2,1-4H3. The van der Waals surface area contributed by atoms with Crippen molar-refractivity contribution in [1.82, 2.24) is 4.90 Å². The largest absolute Gasteiger partial charge is 0.493 e. The van der Waals surface area contributed by atoms with E-state index in [9.17, 15) is 9.59 Å². The van der Waals surface area contributed by atoms with E-state index in [-0.39, 0.29) is 17.1 Å². The molecule has 1 unspecified atom stereocenters. The van der Waals surface area contributed by atoms with E-state index >= 15 is 0 Å². The maximum absolute atomic E-state index is 13.7. The zero-order valence-corrected chi connectivity index (χ0v) is 21.0. The Balaban J connectivity index is 1.58. The first-order chi connectivity index (χ1) is 17.4. The predicted octanol–water partition coefficient (Wildman–Crippen LogP) is 5.47. The molecule has 1 atom stereocenters. The molecule has 0 N–H and O–H groups in total. The Bertz CT molecular complexity index is 1500. The molecule has 36 heavy (non-hydrogen) atoms. The summed E-state index contributed by atoms with van der Waals surface area (Å²) in [6, 6.07) is 18.8.